The molecule has 1 nitrogen and oxygen atoms in total. The van der Waals surface area contributed by atoms with Gasteiger partial charge in [-0.05, 0) is 66.8 Å². The molecule has 0 saturated carbocycles. The first-order valence-corrected chi connectivity index (χ1v) is 8.97. The molecule has 0 spiro atoms. The fraction of sp³-hybridized carbons (Fsp3) is 0.348. The molecule has 0 saturated heterocycles. The van der Waals surface area contributed by atoms with Crippen LogP contribution < -0.4 is 4.57 Å². The van der Waals surface area contributed by atoms with E-state index in [9.17, 15) is 0 Å². The summed E-state index contributed by atoms with van der Waals surface area (Å²) in [5, 5.41) is 2.27. The van der Waals surface area contributed by atoms with Gasteiger partial charge in [0.15, 0.2) is 6.20 Å². The van der Waals surface area contributed by atoms with E-state index in [0.717, 1.165) is 34.2 Å². The number of fused-ring (bicyclic) bond motifs is 1. The van der Waals surface area contributed by atoms with Crippen molar-refractivity contribution >= 4 is 10.8 Å². The highest BCUT2D eigenvalue weighted by Gasteiger charge is 2.23. The number of hydrogen-bond donors (Lipinski definition) is 0. The zero-order chi connectivity index (χ0) is 18.3. The van der Waals surface area contributed by atoms with Crippen LogP contribution >= 0.6 is 0 Å². The average molecular weight is 336 g/mol. The quantitative estimate of drug-likeness (QED) is 0.549. The normalized spacial score (nSPS) is 11.5. The third kappa shape index (κ3) is 3.18. The number of hydrogen-bond acceptors (Lipinski definition) is 0. The summed E-state index contributed by atoms with van der Waals surface area (Å²) in [5.74, 6) is 0.508. The van der Waals surface area contributed by atoms with E-state index < -0.39 is 0 Å². The second-order valence-electron chi connectivity index (χ2n) is 7.62. The van der Waals surface area contributed by atoms with Crippen molar-refractivity contribution in [2.75, 3.05) is 0 Å². The van der Waals surface area contributed by atoms with E-state index in [1.165, 1.54) is 10.9 Å². The maximum atomic E-state index is 15.1. The van der Waals surface area contributed by atoms with Gasteiger partial charge in [-0.2, -0.15) is 0 Å². The minimum absolute atomic E-state index is 0.113. The SMILES string of the molecule is Cc1cc(C)c(F)c(-c2c3ccc(CC(C)C)cc3cc[n+]2C)c1C. The zero-order valence-corrected chi connectivity index (χ0v) is 16.1. The molecule has 1 aromatic heterocycles. The van der Waals surface area contributed by atoms with Crippen LogP contribution in [-0.2, 0) is 13.5 Å². The van der Waals surface area contributed by atoms with Gasteiger partial charge in [0.25, 0.3) is 0 Å². The number of aryl methyl sites for hydroxylation is 3. The Labute approximate surface area is 150 Å². The van der Waals surface area contributed by atoms with Gasteiger partial charge >= 0.3 is 0 Å². The Morgan fingerprint density at radius 1 is 1.00 bits per heavy atom. The molecule has 2 aromatic carbocycles. The van der Waals surface area contributed by atoms with Crippen molar-refractivity contribution < 1.29 is 8.96 Å². The summed E-state index contributed by atoms with van der Waals surface area (Å²) in [6, 6.07) is 10.6. The van der Waals surface area contributed by atoms with Crippen LogP contribution in [0.25, 0.3) is 22.0 Å². The molecule has 2 heteroatoms. The molecule has 130 valence electrons. The number of nitrogens with zero attached hydrogens (tertiary/aromatic N) is 1. The van der Waals surface area contributed by atoms with Gasteiger partial charge in [0.05, 0.1) is 10.9 Å². The lowest BCUT2D eigenvalue weighted by molar-refractivity contribution is -0.659. The first-order chi connectivity index (χ1) is 11.8. The minimum atomic E-state index is -0.113. The second-order valence-corrected chi connectivity index (χ2v) is 7.62. The Kier molecular flexibility index (Phi) is 4.64. The van der Waals surface area contributed by atoms with Gasteiger partial charge in [-0.3, -0.25) is 0 Å². The van der Waals surface area contributed by atoms with E-state index in [2.05, 4.69) is 45.0 Å². The molecule has 0 aliphatic carbocycles. The number of halogens is 1. The van der Waals surface area contributed by atoms with Crippen molar-refractivity contribution in [2.45, 2.75) is 41.0 Å². The summed E-state index contributed by atoms with van der Waals surface area (Å²) in [5.41, 5.74) is 5.85. The van der Waals surface area contributed by atoms with Crippen molar-refractivity contribution in [3.63, 3.8) is 0 Å². The van der Waals surface area contributed by atoms with Crippen LogP contribution in [0.15, 0.2) is 36.5 Å². The van der Waals surface area contributed by atoms with Gasteiger partial charge in [0.1, 0.15) is 12.9 Å². The summed E-state index contributed by atoms with van der Waals surface area (Å²) in [6.45, 7) is 10.4. The summed E-state index contributed by atoms with van der Waals surface area (Å²) in [6.07, 6.45) is 3.09. The van der Waals surface area contributed by atoms with Crippen LogP contribution in [0.1, 0.15) is 36.1 Å². The predicted molar refractivity (Wildman–Crippen MR) is 103 cm³/mol. The number of benzene rings is 2. The molecule has 0 bridgehead atoms. The minimum Gasteiger partial charge on any atom is -0.206 e. The predicted octanol–water partition coefficient (Wildman–Crippen LogP) is 5.59. The van der Waals surface area contributed by atoms with Gasteiger partial charge in [-0.15, -0.1) is 0 Å². The Morgan fingerprint density at radius 3 is 2.40 bits per heavy atom. The molecule has 0 N–H and O–H groups in total. The van der Waals surface area contributed by atoms with Crippen LogP contribution in [0.3, 0.4) is 0 Å². The molecular formula is C23H27FN+. The maximum Gasteiger partial charge on any atom is 0.223 e. The lowest BCUT2D eigenvalue weighted by atomic mass is 9.92. The van der Waals surface area contributed by atoms with Crippen LogP contribution in [0, 0.1) is 32.5 Å². The molecule has 25 heavy (non-hydrogen) atoms. The van der Waals surface area contributed by atoms with Crippen LogP contribution in [0.5, 0.6) is 0 Å². The van der Waals surface area contributed by atoms with E-state index in [-0.39, 0.29) is 5.82 Å². The Bertz CT molecular complexity index is 928. The third-order valence-electron chi connectivity index (χ3n) is 5.05. The lowest BCUT2D eigenvalue weighted by Crippen LogP contribution is -2.31. The fourth-order valence-corrected chi connectivity index (χ4v) is 3.67. The molecule has 0 aliphatic heterocycles. The van der Waals surface area contributed by atoms with Gasteiger partial charge in [0.2, 0.25) is 5.69 Å². The summed E-state index contributed by atoms with van der Waals surface area (Å²) in [4.78, 5) is 0. The molecule has 0 atom stereocenters. The van der Waals surface area contributed by atoms with Crippen molar-refractivity contribution in [3.05, 3.63) is 64.6 Å². The van der Waals surface area contributed by atoms with Crippen LogP contribution in [-0.4, -0.2) is 0 Å². The molecule has 0 radical (unpaired) electrons. The zero-order valence-electron chi connectivity index (χ0n) is 16.1. The standard InChI is InChI=1S/C23H27FN/c1-14(2)11-18-7-8-20-19(13-18)9-10-25(6)23(20)21-17(5)15(3)12-16(4)22(21)24/h7-10,12-14H,11H2,1-6H3/q+1. The van der Waals surface area contributed by atoms with E-state index in [4.69, 9.17) is 0 Å². The van der Waals surface area contributed by atoms with Crippen molar-refractivity contribution in [1.82, 2.24) is 0 Å². The van der Waals surface area contributed by atoms with E-state index in [1.54, 1.807) is 0 Å². The molecule has 0 fully saturated rings. The largest absolute Gasteiger partial charge is 0.223 e. The Hall–Kier alpha value is -2.22. The van der Waals surface area contributed by atoms with Crippen molar-refractivity contribution in [1.29, 1.82) is 0 Å². The first kappa shape index (κ1) is 17.6. The van der Waals surface area contributed by atoms with Crippen LogP contribution in [0.2, 0.25) is 0 Å². The summed E-state index contributed by atoms with van der Waals surface area (Å²) >= 11 is 0. The van der Waals surface area contributed by atoms with E-state index in [0.29, 0.717) is 11.5 Å². The van der Waals surface area contributed by atoms with Gasteiger partial charge in [-0.1, -0.05) is 32.0 Å². The van der Waals surface area contributed by atoms with Gasteiger partial charge in [0, 0.05) is 6.07 Å². The molecule has 3 rings (SSSR count). The van der Waals surface area contributed by atoms with Crippen molar-refractivity contribution in [3.8, 4) is 11.3 Å². The van der Waals surface area contributed by atoms with Crippen molar-refractivity contribution in [2.24, 2.45) is 13.0 Å². The molecular weight excluding hydrogens is 309 g/mol. The first-order valence-electron chi connectivity index (χ1n) is 8.97. The monoisotopic (exact) mass is 336 g/mol. The maximum absolute atomic E-state index is 15.1. The number of pyridine rings is 1. The molecule has 1 heterocycles. The molecule has 0 unspecified atom stereocenters. The van der Waals surface area contributed by atoms with E-state index >= 15 is 4.39 Å². The lowest BCUT2D eigenvalue weighted by Gasteiger charge is -2.14. The summed E-state index contributed by atoms with van der Waals surface area (Å²) < 4.78 is 17.1. The highest BCUT2D eigenvalue weighted by molar-refractivity contribution is 5.94. The average Bonchev–Trinajstić information content (AvgIpc) is 2.54. The Morgan fingerprint density at radius 2 is 1.72 bits per heavy atom. The fourth-order valence-electron chi connectivity index (χ4n) is 3.67. The number of rotatable bonds is 3. The Balaban J connectivity index is 2.32. The molecule has 3 aromatic rings. The number of aromatic nitrogens is 1. The van der Waals surface area contributed by atoms with Gasteiger partial charge < -0.3 is 0 Å². The van der Waals surface area contributed by atoms with E-state index in [1.807, 2.05) is 37.7 Å². The summed E-state index contributed by atoms with van der Waals surface area (Å²) in [7, 11) is 1.99. The third-order valence-corrected chi connectivity index (χ3v) is 5.05. The topological polar surface area (TPSA) is 3.88 Å². The highest BCUT2D eigenvalue weighted by Crippen LogP contribution is 2.33. The van der Waals surface area contributed by atoms with Gasteiger partial charge in [-0.25, -0.2) is 8.96 Å². The smallest absolute Gasteiger partial charge is 0.206 e. The molecule has 0 amide bonds. The second kappa shape index (κ2) is 6.59. The molecule has 0 aliphatic rings. The highest BCUT2D eigenvalue weighted by atomic mass is 19.1. The van der Waals surface area contributed by atoms with Crippen LogP contribution in [0.4, 0.5) is 4.39 Å².